The number of carbonyl (C=O) groups is 5. The number of nitrogens with two attached hydrogens (primary N) is 1. The molecule has 2 atom stereocenters. The van der Waals surface area contributed by atoms with Crippen molar-refractivity contribution in [2.45, 2.75) is 57.3 Å². The Bertz CT molecular complexity index is 862. The van der Waals surface area contributed by atoms with E-state index in [-0.39, 0.29) is 38.4 Å². The maximum absolute atomic E-state index is 12.0. The molecule has 1 aromatic rings. The molecule has 0 saturated carbocycles. The lowest BCUT2D eigenvalue weighted by atomic mass is 10.1. The fraction of sp³-hybridized carbons (Fsp3) is 0.588. The lowest BCUT2D eigenvalue weighted by molar-refractivity contribution is -0.140. The number of carboxylic acids is 3. The van der Waals surface area contributed by atoms with Gasteiger partial charge in [0.15, 0.2) is 0 Å². The predicted octanol–water partition coefficient (Wildman–Crippen LogP) is -1.30. The summed E-state index contributed by atoms with van der Waals surface area (Å²) in [7, 11) is 0. The second-order valence-electron chi connectivity index (χ2n) is 6.87. The second kappa shape index (κ2) is 14.2. The van der Waals surface area contributed by atoms with Crippen molar-refractivity contribution in [3.05, 3.63) is 9.39 Å². The number of hydrogen-bond donors (Lipinski definition) is 7. The molecule has 1 heterocycles. The SMILES string of the molecule is NCc1c(I)nnn1CC(=O)NCCCC[C@@H](NC(=O)NC(CCC(=O)O)C(=O)O)C(=O)O. The molecule has 1 unspecified atom stereocenters. The van der Waals surface area contributed by atoms with Gasteiger partial charge in [-0.15, -0.1) is 5.10 Å². The van der Waals surface area contributed by atoms with Crippen LogP contribution in [-0.4, -0.2) is 78.8 Å². The summed E-state index contributed by atoms with van der Waals surface area (Å²) in [5.74, 6) is -4.30. The average Bonchev–Trinajstić information content (AvgIpc) is 3.08. The van der Waals surface area contributed by atoms with Crippen LogP contribution in [0.1, 0.15) is 37.8 Å². The van der Waals surface area contributed by atoms with E-state index in [2.05, 4.69) is 26.3 Å². The van der Waals surface area contributed by atoms with Crippen molar-refractivity contribution in [3.63, 3.8) is 0 Å². The summed E-state index contributed by atoms with van der Waals surface area (Å²) in [6, 6.07) is -3.80. The Morgan fingerprint density at radius 3 is 2.15 bits per heavy atom. The minimum absolute atomic E-state index is 0.0318. The van der Waals surface area contributed by atoms with Gasteiger partial charge in [0.1, 0.15) is 22.3 Å². The van der Waals surface area contributed by atoms with Gasteiger partial charge in [0.2, 0.25) is 5.91 Å². The Morgan fingerprint density at radius 2 is 1.61 bits per heavy atom. The first kappa shape index (κ1) is 28.0. The standard InChI is InChI=1S/C17H26IN7O8/c18-14-11(7-19)25(24-23-14)8-12(26)20-6-2-1-3-9(15(29)30)21-17(33)22-10(16(31)32)4-5-13(27)28/h9-10H,1-8,19H2,(H,20,26)(H,27,28)(H,29,30)(H,31,32)(H2,21,22,33)/t9-,10?/m1/s1. The Kier molecular flexibility index (Phi) is 12.0. The van der Waals surface area contributed by atoms with Crippen LogP contribution in [-0.2, 0) is 32.3 Å². The van der Waals surface area contributed by atoms with E-state index in [0.717, 1.165) is 0 Å². The first-order chi connectivity index (χ1) is 15.5. The molecule has 0 aliphatic rings. The fourth-order valence-electron chi connectivity index (χ4n) is 2.66. The quantitative estimate of drug-likeness (QED) is 0.0946. The van der Waals surface area contributed by atoms with Gasteiger partial charge in [0, 0.05) is 19.5 Å². The molecule has 0 aromatic carbocycles. The zero-order valence-electron chi connectivity index (χ0n) is 17.5. The number of aliphatic carboxylic acids is 3. The maximum Gasteiger partial charge on any atom is 0.326 e. The molecule has 0 radical (unpaired) electrons. The number of rotatable bonds is 15. The van der Waals surface area contributed by atoms with Crippen LogP contribution in [0.3, 0.4) is 0 Å². The third kappa shape index (κ3) is 10.4. The Morgan fingerprint density at radius 1 is 1.00 bits per heavy atom. The Labute approximate surface area is 201 Å². The summed E-state index contributed by atoms with van der Waals surface area (Å²) in [4.78, 5) is 57.0. The number of hydrogen-bond acceptors (Lipinski definition) is 8. The van der Waals surface area contributed by atoms with Crippen molar-refractivity contribution in [1.29, 1.82) is 0 Å². The van der Waals surface area contributed by atoms with Gasteiger partial charge in [0.05, 0.1) is 5.69 Å². The third-order valence-corrected chi connectivity index (χ3v) is 5.21. The highest BCUT2D eigenvalue weighted by atomic mass is 127. The molecule has 15 nitrogen and oxygen atoms in total. The first-order valence-corrected chi connectivity index (χ1v) is 10.9. The van der Waals surface area contributed by atoms with Crippen LogP contribution >= 0.6 is 22.6 Å². The van der Waals surface area contributed by atoms with Crippen LogP contribution in [0.25, 0.3) is 0 Å². The molecule has 0 fully saturated rings. The molecule has 0 saturated heterocycles. The minimum Gasteiger partial charge on any atom is -0.481 e. The van der Waals surface area contributed by atoms with Gasteiger partial charge in [-0.05, 0) is 48.3 Å². The fourth-order valence-corrected chi connectivity index (χ4v) is 3.26. The maximum atomic E-state index is 12.0. The Hall–Kier alpha value is -3.02. The summed E-state index contributed by atoms with van der Waals surface area (Å²) in [5.41, 5.74) is 6.23. The number of halogens is 1. The summed E-state index contributed by atoms with van der Waals surface area (Å²) >= 11 is 1.96. The van der Waals surface area contributed by atoms with Gasteiger partial charge in [-0.1, -0.05) is 5.21 Å². The van der Waals surface area contributed by atoms with E-state index in [1.165, 1.54) is 4.68 Å². The number of carboxylic acid groups (broad SMARTS) is 3. The lowest BCUT2D eigenvalue weighted by Crippen LogP contribution is -2.51. The predicted molar refractivity (Wildman–Crippen MR) is 119 cm³/mol. The summed E-state index contributed by atoms with van der Waals surface area (Å²) in [5, 5.41) is 41.5. The number of nitrogens with one attached hydrogen (secondary N) is 3. The molecule has 33 heavy (non-hydrogen) atoms. The van der Waals surface area contributed by atoms with E-state index >= 15 is 0 Å². The van der Waals surface area contributed by atoms with E-state index in [0.29, 0.717) is 22.2 Å². The van der Waals surface area contributed by atoms with Gasteiger partial charge in [-0.2, -0.15) is 0 Å². The van der Waals surface area contributed by atoms with E-state index in [9.17, 15) is 29.1 Å². The number of carbonyl (C=O) groups excluding carboxylic acids is 2. The molecule has 0 spiro atoms. The van der Waals surface area contributed by atoms with Gasteiger partial charge < -0.3 is 37.0 Å². The van der Waals surface area contributed by atoms with Crippen molar-refractivity contribution in [2.24, 2.45) is 5.73 Å². The average molecular weight is 583 g/mol. The van der Waals surface area contributed by atoms with Gasteiger partial charge in [-0.25, -0.2) is 19.1 Å². The second-order valence-corrected chi connectivity index (χ2v) is 7.89. The molecule has 0 bridgehead atoms. The number of unbranched alkanes of at least 4 members (excludes halogenated alkanes) is 1. The summed E-state index contributed by atoms with van der Waals surface area (Å²) < 4.78 is 2.00. The molecule has 1 aromatic heterocycles. The number of urea groups is 1. The van der Waals surface area contributed by atoms with Crippen LogP contribution in [0.2, 0.25) is 0 Å². The molecule has 16 heteroatoms. The van der Waals surface area contributed by atoms with Crippen molar-refractivity contribution in [2.75, 3.05) is 6.54 Å². The van der Waals surface area contributed by atoms with Gasteiger partial charge >= 0.3 is 23.9 Å². The molecule has 3 amide bonds. The van der Waals surface area contributed by atoms with E-state index in [1.807, 2.05) is 22.6 Å². The number of aromatic nitrogens is 3. The molecular weight excluding hydrogens is 557 g/mol. The van der Waals surface area contributed by atoms with Crippen LogP contribution < -0.4 is 21.7 Å². The molecule has 184 valence electrons. The van der Waals surface area contributed by atoms with E-state index in [1.54, 1.807) is 0 Å². The highest BCUT2D eigenvalue weighted by Gasteiger charge is 2.24. The zero-order chi connectivity index (χ0) is 25.0. The normalized spacial score (nSPS) is 12.4. The molecular formula is C17H26IN7O8. The minimum atomic E-state index is -1.47. The van der Waals surface area contributed by atoms with Gasteiger partial charge in [0.25, 0.3) is 0 Å². The molecule has 1 rings (SSSR count). The smallest absolute Gasteiger partial charge is 0.326 e. The van der Waals surface area contributed by atoms with Crippen LogP contribution in [0, 0.1) is 3.70 Å². The van der Waals surface area contributed by atoms with E-state index in [4.69, 9.17) is 15.9 Å². The molecule has 0 aliphatic heterocycles. The summed E-state index contributed by atoms with van der Waals surface area (Å²) in [6.07, 6.45) is -0.0306. The lowest BCUT2D eigenvalue weighted by Gasteiger charge is -2.18. The summed E-state index contributed by atoms with van der Waals surface area (Å²) in [6.45, 7) is 0.383. The highest BCUT2D eigenvalue weighted by Crippen LogP contribution is 2.07. The first-order valence-electron chi connectivity index (χ1n) is 9.84. The van der Waals surface area contributed by atoms with E-state index < -0.39 is 42.4 Å². The van der Waals surface area contributed by atoms with Crippen LogP contribution in [0.4, 0.5) is 4.79 Å². The van der Waals surface area contributed by atoms with Crippen molar-refractivity contribution in [3.8, 4) is 0 Å². The van der Waals surface area contributed by atoms with Gasteiger partial charge in [-0.3, -0.25) is 9.59 Å². The van der Waals surface area contributed by atoms with Crippen LogP contribution in [0.15, 0.2) is 0 Å². The number of nitrogens with zero attached hydrogens (tertiary/aromatic N) is 3. The monoisotopic (exact) mass is 583 g/mol. The van der Waals surface area contributed by atoms with Crippen molar-refractivity contribution in [1.82, 2.24) is 30.9 Å². The topological polar surface area (TPSA) is 239 Å². The Balaban J connectivity index is 2.40. The zero-order valence-corrected chi connectivity index (χ0v) is 19.6. The highest BCUT2D eigenvalue weighted by molar-refractivity contribution is 14.1. The van der Waals surface area contributed by atoms with Crippen LogP contribution in [0.5, 0.6) is 0 Å². The molecule has 0 aliphatic carbocycles. The number of amides is 3. The van der Waals surface area contributed by atoms with Crippen molar-refractivity contribution < 1.29 is 39.3 Å². The molecule has 8 N–H and O–H groups in total. The third-order valence-electron chi connectivity index (χ3n) is 4.37. The van der Waals surface area contributed by atoms with Crippen molar-refractivity contribution >= 4 is 52.4 Å². The largest absolute Gasteiger partial charge is 0.481 e.